The van der Waals surface area contributed by atoms with Gasteiger partial charge in [0.15, 0.2) is 13.3 Å². The van der Waals surface area contributed by atoms with Gasteiger partial charge in [0.25, 0.3) is 11.8 Å². The first-order valence-electron chi connectivity index (χ1n) is 7.25. The molecular formula is C16H28N4O2+2. The number of amides is 2. The molecule has 0 fully saturated rings. The minimum Gasteiger partial charge on any atom is -0.314 e. The molecule has 6 nitrogen and oxygen atoms in total. The lowest BCUT2D eigenvalue weighted by atomic mass is 10.1. The van der Waals surface area contributed by atoms with Crippen molar-refractivity contribution in [3.8, 4) is 0 Å². The number of quaternary nitrogens is 2. The van der Waals surface area contributed by atoms with Crippen molar-refractivity contribution in [2.45, 2.75) is 0 Å². The fourth-order valence-corrected chi connectivity index (χ4v) is 1.60. The van der Waals surface area contributed by atoms with Gasteiger partial charge in [0.05, 0.1) is 42.3 Å². The number of benzene rings is 1. The number of carbonyl (C=O) groups excluding carboxylic acids is 2. The predicted octanol–water partition coefficient (Wildman–Crippen LogP) is 0.474. The number of carbonyl (C=O) groups is 2. The Kier molecular flexibility index (Phi) is 5.68. The van der Waals surface area contributed by atoms with Crippen LogP contribution in [0.2, 0.25) is 0 Å². The summed E-state index contributed by atoms with van der Waals surface area (Å²) in [4.78, 5) is 24.0. The van der Waals surface area contributed by atoms with Gasteiger partial charge in [-0.3, -0.25) is 9.59 Å². The second-order valence-corrected chi connectivity index (χ2v) is 7.49. The fourth-order valence-electron chi connectivity index (χ4n) is 1.60. The van der Waals surface area contributed by atoms with E-state index in [-0.39, 0.29) is 11.8 Å². The molecular weight excluding hydrogens is 280 g/mol. The van der Waals surface area contributed by atoms with Crippen molar-refractivity contribution in [1.82, 2.24) is 10.6 Å². The average Bonchev–Trinajstić information content (AvgIpc) is 2.40. The first-order chi connectivity index (χ1) is 9.98. The summed E-state index contributed by atoms with van der Waals surface area (Å²) in [5, 5.41) is 5.73. The van der Waals surface area contributed by atoms with Crippen molar-refractivity contribution in [3.63, 3.8) is 0 Å². The van der Waals surface area contributed by atoms with E-state index in [1.165, 1.54) is 0 Å². The van der Waals surface area contributed by atoms with Gasteiger partial charge in [0.2, 0.25) is 0 Å². The Morgan fingerprint density at radius 1 is 0.727 bits per heavy atom. The minimum absolute atomic E-state index is 0.133. The predicted molar refractivity (Wildman–Crippen MR) is 87.2 cm³/mol. The molecule has 0 aliphatic rings. The zero-order valence-corrected chi connectivity index (χ0v) is 14.4. The highest BCUT2D eigenvalue weighted by Gasteiger charge is 2.14. The molecule has 0 aliphatic carbocycles. The second kappa shape index (κ2) is 6.89. The smallest absolute Gasteiger partial charge is 0.255 e. The zero-order chi connectivity index (χ0) is 17.0. The van der Waals surface area contributed by atoms with Gasteiger partial charge in [0.1, 0.15) is 0 Å². The molecule has 0 aromatic heterocycles. The third-order valence-corrected chi connectivity index (χ3v) is 2.84. The Hall–Kier alpha value is -1.92. The SMILES string of the molecule is C[N+](C)(C)CNC(=O)c1ccc(C(=O)NC[N+](C)(C)C)cc1. The van der Waals surface area contributed by atoms with Crippen molar-refractivity contribution in [2.75, 3.05) is 55.6 Å². The van der Waals surface area contributed by atoms with Crippen molar-refractivity contribution < 1.29 is 18.6 Å². The summed E-state index contributed by atoms with van der Waals surface area (Å²) in [5.41, 5.74) is 1.10. The van der Waals surface area contributed by atoms with E-state index in [1.54, 1.807) is 24.3 Å². The van der Waals surface area contributed by atoms with E-state index in [9.17, 15) is 9.59 Å². The van der Waals surface area contributed by atoms with Crippen LogP contribution >= 0.6 is 0 Å². The van der Waals surface area contributed by atoms with Crippen LogP contribution in [0.4, 0.5) is 0 Å². The molecule has 1 aromatic rings. The Morgan fingerprint density at radius 2 is 1.00 bits per heavy atom. The molecule has 2 amide bonds. The molecule has 0 saturated carbocycles. The molecule has 1 aromatic carbocycles. The summed E-state index contributed by atoms with van der Waals surface area (Å²) >= 11 is 0. The van der Waals surface area contributed by atoms with Gasteiger partial charge >= 0.3 is 0 Å². The topological polar surface area (TPSA) is 58.2 Å². The van der Waals surface area contributed by atoms with Crippen molar-refractivity contribution in [2.24, 2.45) is 0 Å². The number of rotatable bonds is 6. The first kappa shape index (κ1) is 18.1. The molecule has 122 valence electrons. The normalized spacial score (nSPS) is 11.9. The van der Waals surface area contributed by atoms with E-state index in [1.807, 2.05) is 42.3 Å². The van der Waals surface area contributed by atoms with Crippen LogP contribution in [-0.2, 0) is 0 Å². The van der Waals surface area contributed by atoms with Crippen LogP contribution in [-0.4, -0.2) is 76.4 Å². The molecule has 0 heterocycles. The number of hydrogen-bond acceptors (Lipinski definition) is 2. The Morgan fingerprint density at radius 3 is 1.23 bits per heavy atom. The molecule has 0 spiro atoms. The van der Waals surface area contributed by atoms with Crippen molar-refractivity contribution in [3.05, 3.63) is 35.4 Å². The van der Waals surface area contributed by atoms with Crippen LogP contribution < -0.4 is 10.6 Å². The van der Waals surface area contributed by atoms with E-state index in [0.29, 0.717) is 33.4 Å². The van der Waals surface area contributed by atoms with Gasteiger partial charge in [0, 0.05) is 11.1 Å². The second-order valence-electron chi connectivity index (χ2n) is 7.49. The Balaban J connectivity index is 2.62. The maximum Gasteiger partial charge on any atom is 0.255 e. The van der Waals surface area contributed by atoms with Crippen LogP contribution in [0, 0.1) is 0 Å². The highest BCUT2D eigenvalue weighted by Crippen LogP contribution is 2.05. The van der Waals surface area contributed by atoms with E-state index in [0.717, 1.165) is 0 Å². The van der Waals surface area contributed by atoms with Crippen LogP contribution in [0.1, 0.15) is 20.7 Å². The van der Waals surface area contributed by atoms with E-state index in [4.69, 9.17) is 0 Å². The van der Waals surface area contributed by atoms with Crippen molar-refractivity contribution in [1.29, 1.82) is 0 Å². The average molecular weight is 308 g/mol. The third-order valence-electron chi connectivity index (χ3n) is 2.84. The van der Waals surface area contributed by atoms with Gasteiger partial charge in [-0.15, -0.1) is 0 Å². The third kappa shape index (κ3) is 6.69. The molecule has 0 aliphatic heterocycles. The molecule has 6 heteroatoms. The molecule has 0 unspecified atom stereocenters. The highest BCUT2D eigenvalue weighted by atomic mass is 16.2. The van der Waals surface area contributed by atoms with Gasteiger partial charge in [-0.1, -0.05) is 0 Å². The Bertz CT molecular complexity index is 476. The van der Waals surface area contributed by atoms with Gasteiger partial charge in [-0.25, -0.2) is 0 Å². The number of nitrogens with zero attached hydrogens (tertiary/aromatic N) is 2. The molecule has 22 heavy (non-hydrogen) atoms. The zero-order valence-electron chi connectivity index (χ0n) is 14.4. The van der Waals surface area contributed by atoms with Crippen LogP contribution in [0.5, 0.6) is 0 Å². The first-order valence-corrected chi connectivity index (χ1v) is 7.25. The fraction of sp³-hybridized carbons (Fsp3) is 0.500. The van der Waals surface area contributed by atoms with E-state index in [2.05, 4.69) is 10.6 Å². The molecule has 2 N–H and O–H groups in total. The minimum atomic E-state index is -0.133. The lowest BCUT2D eigenvalue weighted by Crippen LogP contribution is -2.45. The number of nitrogens with one attached hydrogen (secondary N) is 2. The lowest BCUT2D eigenvalue weighted by molar-refractivity contribution is -0.872. The van der Waals surface area contributed by atoms with Gasteiger partial charge in [-0.05, 0) is 24.3 Å². The summed E-state index contributed by atoms with van der Waals surface area (Å²) in [7, 11) is 12.0. The monoisotopic (exact) mass is 308 g/mol. The summed E-state index contributed by atoms with van der Waals surface area (Å²) < 4.78 is 1.30. The maximum absolute atomic E-state index is 12.0. The molecule has 0 bridgehead atoms. The summed E-state index contributed by atoms with van der Waals surface area (Å²) in [6, 6.07) is 6.69. The van der Waals surface area contributed by atoms with E-state index < -0.39 is 0 Å². The lowest BCUT2D eigenvalue weighted by Gasteiger charge is -2.24. The summed E-state index contributed by atoms with van der Waals surface area (Å²) in [6.07, 6.45) is 0. The quantitative estimate of drug-likeness (QED) is 0.593. The van der Waals surface area contributed by atoms with Crippen molar-refractivity contribution >= 4 is 11.8 Å². The highest BCUT2D eigenvalue weighted by molar-refractivity contribution is 5.97. The van der Waals surface area contributed by atoms with Gasteiger partial charge < -0.3 is 19.6 Å². The van der Waals surface area contributed by atoms with Crippen LogP contribution in [0.15, 0.2) is 24.3 Å². The van der Waals surface area contributed by atoms with Crippen LogP contribution in [0.3, 0.4) is 0 Å². The largest absolute Gasteiger partial charge is 0.314 e. The standard InChI is InChI=1S/C16H26N4O2/c1-19(2,3)11-17-15(21)13-7-9-14(10-8-13)16(22)18-12-20(4,5)6/h7-10H,11-12H2,1-6H3/p+2. The van der Waals surface area contributed by atoms with E-state index >= 15 is 0 Å². The molecule has 0 saturated heterocycles. The molecule has 0 atom stereocenters. The maximum atomic E-state index is 12.0. The summed E-state index contributed by atoms with van der Waals surface area (Å²) in [6.45, 7) is 1.09. The summed E-state index contributed by atoms with van der Waals surface area (Å²) in [5.74, 6) is -0.266. The van der Waals surface area contributed by atoms with Crippen LogP contribution in [0.25, 0.3) is 0 Å². The molecule has 1 rings (SSSR count). The molecule has 0 radical (unpaired) electrons. The van der Waals surface area contributed by atoms with Gasteiger partial charge in [-0.2, -0.15) is 0 Å². The number of hydrogen-bond donors (Lipinski definition) is 2. The Labute approximate surface area is 132 Å².